The predicted molar refractivity (Wildman–Crippen MR) is 215 cm³/mol. The molecule has 1 spiro atoms. The van der Waals surface area contributed by atoms with Crippen LogP contribution in [0.2, 0.25) is 0 Å². The highest BCUT2D eigenvalue weighted by Crippen LogP contribution is 2.61. The van der Waals surface area contributed by atoms with Crippen LogP contribution in [0.25, 0.3) is 0 Å². The number of aliphatic hydroxyl groups excluding tert-OH is 3. The highest BCUT2D eigenvalue weighted by molar-refractivity contribution is 6.03. The van der Waals surface area contributed by atoms with Crippen LogP contribution < -0.4 is 21.1 Å². The highest BCUT2D eigenvalue weighted by Gasteiger charge is 2.59. The van der Waals surface area contributed by atoms with E-state index >= 15 is 0 Å². The number of phenols is 1. The summed E-state index contributed by atoms with van der Waals surface area (Å²) in [6, 6.07) is 5.56. The zero-order chi connectivity index (χ0) is 38.1. The van der Waals surface area contributed by atoms with Crippen molar-refractivity contribution in [3.05, 3.63) is 59.2 Å². The van der Waals surface area contributed by atoms with Gasteiger partial charge in [0.15, 0.2) is 17.6 Å². The van der Waals surface area contributed by atoms with Gasteiger partial charge >= 0.3 is 0 Å². The molecule has 3 aliphatic carbocycles. The molecule has 0 amide bonds. The van der Waals surface area contributed by atoms with Gasteiger partial charge in [0.1, 0.15) is 30.4 Å². The lowest BCUT2D eigenvalue weighted by Crippen LogP contribution is -2.50. The second-order valence-corrected chi connectivity index (χ2v) is 17.0. The second kappa shape index (κ2) is 19.5. The molecule has 0 saturated heterocycles. The fraction of sp³-hybridized carbons (Fsp3) is 0.705. The Morgan fingerprint density at radius 2 is 1.89 bits per heavy atom. The number of nitrogens with zero attached hydrogens (tertiary/aromatic N) is 1. The maximum Gasteiger partial charge on any atom is 0.208 e. The average Bonchev–Trinajstić information content (AvgIpc) is 3.98. The Morgan fingerprint density at radius 3 is 2.65 bits per heavy atom. The topological polar surface area (TPSA) is 165 Å². The second-order valence-electron chi connectivity index (χ2n) is 17.0. The molecule has 5 aliphatic rings. The van der Waals surface area contributed by atoms with Gasteiger partial charge in [0.05, 0.1) is 18.1 Å². The minimum absolute atomic E-state index is 0.0157. The molecule has 7 atom stereocenters. The minimum Gasteiger partial charge on any atom is -0.504 e. The summed E-state index contributed by atoms with van der Waals surface area (Å²) >= 11 is 0. The first kappa shape index (κ1) is 41.1. The summed E-state index contributed by atoms with van der Waals surface area (Å²) in [5.74, 6) is 3.10. The van der Waals surface area contributed by atoms with Crippen molar-refractivity contribution in [1.82, 2.24) is 10.6 Å². The molecule has 3 fully saturated rings. The summed E-state index contributed by atoms with van der Waals surface area (Å²) < 4.78 is 11.1. The molecular weight excluding hydrogens is 681 g/mol. The Morgan fingerprint density at radius 1 is 1.09 bits per heavy atom. The summed E-state index contributed by atoms with van der Waals surface area (Å²) in [6.07, 6.45) is 21.8. The summed E-state index contributed by atoms with van der Waals surface area (Å²) in [4.78, 5) is 5.19. The summed E-state index contributed by atoms with van der Waals surface area (Å²) in [5.41, 5.74) is 9.67. The van der Waals surface area contributed by atoms with Crippen LogP contribution in [-0.2, 0) is 6.42 Å². The SMILES string of the molecule is CNC[C@H](NC[C@H](C)O)[C@@H]1[C+]2C=C([C@@H](O)COc3cc(CC[C-]4C=C(CO)C(CCCCCCCN)[OH+]4)ccc3O)N=C2CC2(CCCC2)[C@H]2CCC[C@@H]12. The van der Waals surface area contributed by atoms with E-state index in [-0.39, 0.29) is 42.4 Å². The van der Waals surface area contributed by atoms with Crippen molar-refractivity contribution in [1.29, 1.82) is 0 Å². The molecule has 2 aliphatic heterocycles. The van der Waals surface area contributed by atoms with Gasteiger partial charge in [-0.15, -0.1) is 16.6 Å². The molecule has 2 heterocycles. The Labute approximate surface area is 324 Å². The molecule has 9 N–H and O–H groups in total. The van der Waals surface area contributed by atoms with Crippen LogP contribution in [0, 0.1) is 35.2 Å². The predicted octanol–water partition coefficient (Wildman–Crippen LogP) is 5.19. The van der Waals surface area contributed by atoms with Gasteiger partial charge in [-0.1, -0.05) is 44.6 Å². The van der Waals surface area contributed by atoms with Gasteiger partial charge in [-0.05, 0) is 107 Å². The average molecular weight is 750 g/mol. The third-order valence-corrected chi connectivity index (χ3v) is 13.1. The van der Waals surface area contributed by atoms with Gasteiger partial charge in [-0.2, -0.15) is 0 Å². The fourth-order valence-electron chi connectivity index (χ4n) is 10.5. The molecule has 54 heavy (non-hydrogen) atoms. The van der Waals surface area contributed by atoms with E-state index in [1.807, 2.05) is 26.1 Å². The van der Waals surface area contributed by atoms with Gasteiger partial charge in [0, 0.05) is 38.6 Å². The number of hydrogen-bond acceptors (Lipinski definition) is 9. The van der Waals surface area contributed by atoms with Crippen molar-refractivity contribution in [2.45, 2.75) is 134 Å². The van der Waals surface area contributed by atoms with Crippen molar-refractivity contribution in [2.75, 3.05) is 39.9 Å². The number of nitrogens with two attached hydrogens (primary N) is 1. The third-order valence-electron chi connectivity index (χ3n) is 13.1. The Balaban J connectivity index is 1.09. The fourth-order valence-corrected chi connectivity index (χ4v) is 10.5. The largest absolute Gasteiger partial charge is 0.504 e. The van der Waals surface area contributed by atoms with E-state index in [0.29, 0.717) is 29.8 Å². The van der Waals surface area contributed by atoms with E-state index < -0.39 is 12.2 Å². The van der Waals surface area contributed by atoms with Gasteiger partial charge < -0.3 is 46.3 Å². The van der Waals surface area contributed by atoms with Gasteiger partial charge in [-0.3, -0.25) is 0 Å². The van der Waals surface area contributed by atoms with Crippen LogP contribution in [0.1, 0.15) is 109 Å². The van der Waals surface area contributed by atoms with Crippen LogP contribution >= 0.6 is 0 Å². The number of unbranched alkanes of at least 4 members (excludes halogenated alkanes) is 4. The molecular formula is C44H69N4O6+. The maximum atomic E-state index is 11.6. The maximum absolute atomic E-state index is 11.6. The van der Waals surface area contributed by atoms with Crippen molar-refractivity contribution in [2.24, 2.45) is 33.9 Å². The number of allylic oxidation sites excluding steroid dienone is 1. The number of phenolic OH excluding ortho intramolecular Hbond substituents is 1. The molecule has 6 rings (SSSR count). The molecule has 0 aromatic heterocycles. The van der Waals surface area contributed by atoms with E-state index in [4.69, 9.17) is 20.2 Å². The number of benzene rings is 1. The number of hydrogen-bond donors (Lipinski definition) is 7. The van der Waals surface area contributed by atoms with E-state index in [9.17, 15) is 20.4 Å². The first-order valence-electron chi connectivity index (χ1n) is 21.2. The van der Waals surface area contributed by atoms with E-state index in [0.717, 1.165) is 81.0 Å². The van der Waals surface area contributed by atoms with Crippen molar-refractivity contribution in [3.8, 4) is 11.5 Å². The molecule has 10 heteroatoms. The van der Waals surface area contributed by atoms with Crippen molar-refractivity contribution in [3.63, 3.8) is 0 Å². The van der Waals surface area contributed by atoms with Crippen molar-refractivity contribution >= 4 is 5.71 Å². The number of aliphatic imine (C=N–C) groups is 1. The van der Waals surface area contributed by atoms with Crippen LogP contribution in [0.5, 0.6) is 11.5 Å². The normalized spacial score (nSPS) is 26.3. The Hall–Kier alpha value is -2.57. The van der Waals surface area contributed by atoms with E-state index in [1.165, 1.54) is 63.7 Å². The summed E-state index contributed by atoms with van der Waals surface area (Å²) in [7, 11) is 2.00. The van der Waals surface area contributed by atoms with E-state index in [2.05, 4.69) is 22.8 Å². The number of aromatic hydroxyl groups is 1. The monoisotopic (exact) mass is 750 g/mol. The molecule has 300 valence electrons. The van der Waals surface area contributed by atoms with Gasteiger partial charge in [-0.25, -0.2) is 0 Å². The number of fused-ring (bicyclic) bond motifs is 3. The molecule has 1 aromatic rings. The molecule has 0 bridgehead atoms. The van der Waals surface area contributed by atoms with E-state index in [1.54, 1.807) is 6.07 Å². The standard InChI is InChI=1S/C44H68N4O6/c1-29(50)25-47-38(26-46-2)43-33-11-10-12-35(33)44(18-7-8-19-44)24-37-34(43)23-36(48-37)40(52)28-53-42-21-30(15-17-39(42)51)14-16-32-22-31(27-49)41(54-32)13-6-4-3-5-9-20-45/h15,17,21-23,29,33,35,38,40-41,43,46-47,49-50,52,54H,3-14,16,18-20,24-28,45H2,1-2H3/p+1/t29-,33+,35-,38-,40-,41?,43-/m0/s1. The third kappa shape index (κ3) is 9.86. The van der Waals surface area contributed by atoms with Crippen LogP contribution in [0.15, 0.2) is 46.6 Å². The molecule has 1 unspecified atom stereocenters. The molecule has 3 saturated carbocycles. The van der Waals surface area contributed by atoms with Gasteiger partial charge in [0.2, 0.25) is 5.70 Å². The first-order chi connectivity index (χ1) is 26.2. The highest BCUT2D eigenvalue weighted by atomic mass is 16.5. The lowest BCUT2D eigenvalue weighted by molar-refractivity contribution is -0.0552. The molecule has 0 radical (unpaired) electrons. The Kier molecular flexibility index (Phi) is 14.9. The summed E-state index contributed by atoms with van der Waals surface area (Å²) in [5, 5.41) is 49.6. The smallest absolute Gasteiger partial charge is 0.208 e. The zero-order valence-corrected chi connectivity index (χ0v) is 32.9. The molecule has 10 nitrogen and oxygen atoms in total. The number of nitrogens with one attached hydrogen (secondary N) is 2. The van der Waals surface area contributed by atoms with Crippen molar-refractivity contribution < 1.29 is 29.9 Å². The number of ether oxygens (including phenoxy) is 2. The number of aryl methyl sites for hydroxylation is 1. The zero-order valence-electron chi connectivity index (χ0n) is 32.9. The van der Waals surface area contributed by atoms with Gasteiger partial charge in [0.25, 0.3) is 0 Å². The lowest BCUT2D eigenvalue weighted by atomic mass is 9.65. The molecule has 1 aromatic carbocycles. The lowest BCUT2D eigenvalue weighted by Gasteiger charge is -2.39. The van der Waals surface area contributed by atoms with Crippen LogP contribution in [-0.4, -0.2) is 95.1 Å². The summed E-state index contributed by atoms with van der Waals surface area (Å²) in [6.45, 7) is 3.93. The van der Waals surface area contributed by atoms with Crippen LogP contribution in [0.4, 0.5) is 0 Å². The minimum atomic E-state index is -0.944. The number of likely N-dealkylation sites (N-methyl/N-ethyl adjacent to an activating group) is 1. The Bertz CT molecular complexity index is 1440. The van der Waals surface area contributed by atoms with Crippen LogP contribution in [0.3, 0.4) is 0 Å². The number of rotatable bonds is 21. The number of aliphatic hydroxyl groups is 5. The first-order valence-corrected chi connectivity index (χ1v) is 21.2. The quantitative estimate of drug-likeness (QED) is 0.0513.